The van der Waals surface area contributed by atoms with Crippen molar-refractivity contribution in [3.63, 3.8) is 0 Å². The zero-order valence-electron chi connectivity index (χ0n) is 20.6. The van der Waals surface area contributed by atoms with Crippen molar-refractivity contribution >= 4 is 29.1 Å². The number of amides is 3. The maximum Gasteiger partial charge on any atom is 0.264 e. The van der Waals surface area contributed by atoms with Crippen LogP contribution >= 0.6 is 11.3 Å². The number of nitrogens with one attached hydrogen (secondary N) is 1. The van der Waals surface area contributed by atoms with Crippen LogP contribution < -0.4 is 15.8 Å². The smallest absolute Gasteiger partial charge is 0.264 e. The maximum absolute atomic E-state index is 13.7. The van der Waals surface area contributed by atoms with E-state index in [2.05, 4.69) is 5.32 Å². The molecule has 2 unspecified atom stereocenters. The summed E-state index contributed by atoms with van der Waals surface area (Å²) in [6, 6.07) is 10.3. The van der Waals surface area contributed by atoms with Crippen LogP contribution in [0.15, 0.2) is 41.8 Å². The van der Waals surface area contributed by atoms with Gasteiger partial charge in [0.1, 0.15) is 11.8 Å². The van der Waals surface area contributed by atoms with Crippen LogP contribution in [0.5, 0.6) is 5.75 Å². The Morgan fingerprint density at radius 1 is 1.06 bits per heavy atom. The lowest BCUT2D eigenvalue weighted by Gasteiger charge is -2.30. The van der Waals surface area contributed by atoms with Crippen LogP contribution in [-0.4, -0.2) is 71.4 Å². The van der Waals surface area contributed by atoms with E-state index in [9.17, 15) is 14.4 Å². The Morgan fingerprint density at radius 3 is 2.50 bits per heavy atom. The summed E-state index contributed by atoms with van der Waals surface area (Å²) in [7, 11) is 1.56. The molecule has 3 N–H and O–H groups in total. The number of thiophene rings is 1. The largest absolute Gasteiger partial charge is 0.497 e. The Morgan fingerprint density at radius 2 is 1.83 bits per heavy atom. The van der Waals surface area contributed by atoms with Gasteiger partial charge in [-0.2, -0.15) is 0 Å². The zero-order valence-corrected chi connectivity index (χ0v) is 21.4. The minimum atomic E-state index is -0.637. The maximum atomic E-state index is 13.7. The lowest BCUT2D eigenvalue weighted by Crippen LogP contribution is -2.50. The molecule has 8 nitrogen and oxygen atoms in total. The third-order valence-corrected chi connectivity index (χ3v) is 8.44. The monoisotopic (exact) mass is 510 g/mol. The van der Waals surface area contributed by atoms with E-state index in [1.807, 2.05) is 22.4 Å². The topological polar surface area (TPSA) is 105 Å². The minimum Gasteiger partial charge on any atom is -0.497 e. The molecule has 3 amide bonds. The fourth-order valence-electron chi connectivity index (χ4n) is 5.48. The molecule has 1 saturated heterocycles. The van der Waals surface area contributed by atoms with Crippen LogP contribution in [0, 0.1) is 0 Å². The summed E-state index contributed by atoms with van der Waals surface area (Å²) in [5.74, 6) is 0.215. The molecule has 9 heteroatoms. The number of ether oxygens (including phenoxy) is 1. The first-order chi connectivity index (χ1) is 17.4. The number of likely N-dealkylation sites (tertiary alicyclic amines) is 1. The summed E-state index contributed by atoms with van der Waals surface area (Å²) in [4.78, 5) is 45.0. The molecule has 1 aromatic carbocycles. The molecule has 2 saturated carbocycles. The first kappa shape index (κ1) is 24.8. The number of benzene rings is 1. The third kappa shape index (κ3) is 5.27. The van der Waals surface area contributed by atoms with Crippen molar-refractivity contribution in [3.05, 3.63) is 52.2 Å². The van der Waals surface area contributed by atoms with Gasteiger partial charge in [-0.1, -0.05) is 12.1 Å². The fraction of sp³-hybridized carbons (Fsp3) is 0.519. The summed E-state index contributed by atoms with van der Waals surface area (Å²) in [5, 5.41) is 5.09. The Hall–Kier alpha value is -2.91. The van der Waals surface area contributed by atoms with Crippen molar-refractivity contribution in [2.75, 3.05) is 13.7 Å². The van der Waals surface area contributed by atoms with E-state index in [1.165, 1.54) is 11.3 Å². The predicted octanol–water partition coefficient (Wildman–Crippen LogP) is 3.03. The van der Waals surface area contributed by atoms with Crippen molar-refractivity contribution in [3.8, 4) is 5.75 Å². The van der Waals surface area contributed by atoms with Gasteiger partial charge in [-0.05, 0) is 74.6 Å². The summed E-state index contributed by atoms with van der Waals surface area (Å²) < 4.78 is 5.31. The number of nitrogens with zero attached hydrogens (tertiary/aromatic N) is 2. The molecule has 1 aromatic heterocycles. The summed E-state index contributed by atoms with van der Waals surface area (Å²) in [5.41, 5.74) is 6.51. The summed E-state index contributed by atoms with van der Waals surface area (Å²) >= 11 is 1.43. The van der Waals surface area contributed by atoms with Gasteiger partial charge in [0.15, 0.2) is 0 Å². The Balaban J connectivity index is 1.39. The van der Waals surface area contributed by atoms with E-state index in [1.54, 1.807) is 36.3 Å². The highest BCUT2D eigenvalue weighted by Gasteiger charge is 2.47. The highest BCUT2D eigenvalue weighted by atomic mass is 32.1. The predicted molar refractivity (Wildman–Crippen MR) is 138 cm³/mol. The molecular weight excluding hydrogens is 476 g/mol. The molecule has 1 aliphatic heterocycles. The van der Waals surface area contributed by atoms with Gasteiger partial charge in [0.2, 0.25) is 5.91 Å². The van der Waals surface area contributed by atoms with Crippen molar-refractivity contribution in [2.45, 2.75) is 75.2 Å². The molecule has 5 rings (SSSR count). The Labute approximate surface area is 215 Å². The van der Waals surface area contributed by atoms with Gasteiger partial charge in [-0.25, -0.2) is 0 Å². The molecule has 3 aliphatic rings. The standard InChI is InChI=1S/C27H34N4O4S/c1-35-22-5-2-4-17(14-22)26(33)30-16-21(31(20-11-12-20)27(34)24-6-3-13-36-24)15-23(30)25(32)29-19-9-7-18(28)8-10-19/h2-6,13-14,18-21,23H,7-12,15-16,28H2,1H3,(H,29,32). The van der Waals surface area contributed by atoms with Gasteiger partial charge in [-0.3, -0.25) is 14.4 Å². The van der Waals surface area contributed by atoms with Gasteiger partial charge < -0.3 is 25.6 Å². The third-order valence-electron chi connectivity index (χ3n) is 7.58. The SMILES string of the molecule is COc1cccc(C(=O)N2CC(N(C(=O)c3cccs3)C3CC3)CC2C(=O)NC2CCC(N)CC2)c1. The zero-order chi connectivity index (χ0) is 25.2. The van der Waals surface area contributed by atoms with Crippen LogP contribution in [0.2, 0.25) is 0 Å². The number of rotatable bonds is 7. The van der Waals surface area contributed by atoms with Crippen molar-refractivity contribution < 1.29 is 19.1 Å². The first-order valence-corrected chi connectivity index (χ1v) is 13.7. The van der Waals surface area contributed by atoms with Gasteiger partial charge in [0.05, 0.1) is 18.0 Å². The van der Waals surface area contributed by atoms with E-state index in [-0.39, 0.29) is 41.9 Å². The Kier molecular flexibility index (Phi) is 7.29. The number of hydrogen-bond donors (Lipinski definition) is 2. The summed E-state index contributed by atoms with van der Waals surface area (Å²) in [6.45, 7) is 0.331. The minimum absolute atomic E-state index is 0.00592. The van der Waals surface area contributed by atoms with Gasteiger partial charge in [-0.15, -0.1) is 11.3 Å². The molecule has 192 valence electrons. The lowest BCUT2D eigenvalue weighted by molar-refractivity contribution is -0.125. The average molecular weight is 511 g/mol. The van der Waals surface area contributed by atoms with Crippen LogP contribution in [0.1, 0.15) is 65.0 Å². The quantitative estimate of drug-likeness (QED) is 0.596. The van der Waals surface area contributed by atoms with E-state index < -0.39 is 6.04 Å². The second-order valence-corrected chi connectivity index (χ2v) is 11.1. The van der Waals surface area contributed by atoms with E-state index in [0.717, 1.165) is 38.5 Å². The lowest BCUT2D eigenvalue weighted by atomic mass is 9.91. The molecule has 2 heterocycles. The van der Waals surface area contributed by atoms with Gasteiger partial charge in [0.25, 0.3) is 11.8 Å². The number of nitrogens with two attached hydrogens (primary N) is 1. The second-order valence-electron chi connectivity index (χ2n) is 10.1. The highest BCUT2D eigenvalue weighted by Crippen LogP contribution is 2.36. The van der Waals surface area contributed by atoms with E-state index >= 15 is 0 Å². The number of hydrogen-bond acceptors (Lipinski definition) is 6. The van der Waals surface area contributed by atoms with Crippen molar-refractivity contribution in [1.82, 2.24) is 15.1 Å². The fourth-order valence-corrected chi connectivity index (χ4v) is 6.15. The van der Waals surface area contributed by atoms with Crippen LogP contribution in [0.25, 0.3) is 0 Å². The molecule has 0 radical (unpaired) electrons. The molecule has 2 aliphatic carbocycles. The molecule has 3 fully saturated rings. The average Bonchev–Trinajstić information content (AvgIpc) is 3.38. The van der Waals surface area contributed by atoms with E-state index in [4.69, 9.17) is 10.5 Å². The normalized spacial score (nSPS) is 25.9. The van der Waals surface area contributed by atoms with Crippen LogP contribution in [-0.2, 0) is 4.79 Å². The van der Waals surface area contributed by atoms with E-state index in [0.29, 0.717) is 29.2 Å². The first-order valence-electron chi connectivity index (χ1n) is 12.8. The van der Waals surface area contributed by atoms with Crippen molar-refractivity contribution in [2.24, 2.45) is 5.73 Å². The molecule has 0 spiro atoms. The molecule has 0 bridgehead atoms. The van der Waals surface area contributed by atoms with Crippen LogP contribution in [0.3, 0.4) is 0 Å². The molecular formula is C27H34N4O4S. The summed E-state index contributed by atoms with van der Waals surface area (Å²) in [6.07, 6.45) is 5.80. The van der Waals surface area contributed by atoms with Gasteiger partial charge >= 0.3 is 0 Å². The molecule has 2 aromatic rings. The number of carbonyl (C=O) groups is 3. The second kappa shape index (κ2) is 10.6. The van der Waals surface area contributed by atoms with Crippen LogP contribution in [0.4, 0.5) is 0 Å². The molecule has 36 heavy (non-hydrogen) atoms. The number of methoxy groups -OCH3 is 1. The number of carbonyl (C=O) groups excluding carboxylic acids is 3. The highest BCUT2D eigenvalue weighted by molar-refractivity contribution is 7.12. The van der Waals surface area contributed by atoms with Crippen molar-refractivity contribution in [1.29, 1.82) is 0 Å². The Bertz CT molecular complexity index is 1090. The van der Waals surface area contributed by atoms with Gasteiger partial charge in [0, 0.05) is 30.2 Å². The molecule has 2 atom stereocenters.